The predicted molar refractivity (Wildman–Crippen MR) is 97.8 cm³/mol. The number of nitrogens with zero attached hydrogens (tertiary/aromatic N) is 2. The molecule has 1 atom stereocenters. The molecule has 3 aliphatic rings. The summed E-state index contributed by atoms with van der Waals surface area (Å²) in [6, 6.07) is 0.313. The first-order valence-corrected chi connectivity index (χ1v) is 10.4. The summed E-state index contributed by atoms with van der Waals surface area (Å²) in [5.74, 6) is 0.456. The molecule has 136 valence electrons. The van der Waals surface area contributed by atoms with Gasteiger partial charge in [-0.05, 0) is 38.5 Å². The highest BCUT2D eigenvalue weighted by Crippen LogP contribution is 2.41. The molecule has 0 unspecified atom stereocenters. The van der Waals surface area contributed by atoms with Crippen molar-refractivity contribution in [2.75, 3.05) is 18.4 Å². The summed E-state index contributed by atoms with van der Waals surface area (Å²) < 4.78 is 0. The van der Waals surface area contributed by atoms with Gasteiger partial charge in [0.15, 0.2) is 5.13 Å². The number of piperidine rings is 1. The third kappa shape index (κ3) is 4.14. The van der Waals surface area contributed by atoms with E-state index in [1.54, 1.807) is 0 Å². The fourth-order valence-electron chi connectivity index (χ4n) is 3.83. The van der Waals surface area contributed by atoms with Gasteiger partial charge in [0.05, 0.1) is 11.6 Å². The molecule has 25 heavy (non-hydrogen) atoms. The molecule has 4 rings (SSSR count). The van der Waals surface area contributed by atoms with E-state index in [1.165, 1.54) is 37.0 Å². The smallest absolute Gasteiger partial charge is 0.317 e. The lowest BCUT2D eigenvalue weighted by Crippen LogP contribution is -2.49. The van der Waals surface area contributed by atoms with Crippen molar-refractivity contribution < 1.29 is 9.59 Å². The van der Waals surface area contributed by atoms with Crippen LogP contribution in [0.5, 0.6) is 0 Å². The molecule has 1 aromatic rings. The van der Waals surface area contributed by atoms with Crippen molar-refractivity contribution in [3.8, 4) is 0 Å². The fourth-order valence-corrected chi connectivity index (χ4v) is 4.62. The van der Waals surface area contributed by atoms with Crippen LogP contribution in [0.3, 0.4) is 0 Å². The van der Waals surface area contributed by atoms with Gasteiger partial charge in [0.2, 0.25) is 5.91 Å². The largest absolute Gasteiger partial charge is 0.335 e. The van der Waals surface area contributed by atoms with Gasteiger partial charge in [-0.3, -0.25) is 4.79 Å². The normalized spacial score (nSPS) is 24.3. The van der Waals surface area contributed by atoms with Gasteiger partial charge in [-0.2, -0.15) is 0 Å². The highest BCUT2D eigenvalue weighted by atomic mass is 32.1. The molecule has 2 heterocycles. The minimum absolute atomic E-state index is 0.00457. The van der Waals surface area contributed by atoms with Crippen molar-refractivity contribution in [1.29, 1.82) is 0 Å². The molecule has 0 spiro atoms. The summed E-state index contributed by atoms with van der Waals surface area (Å²) >= 11 is 1.50. The maximum absolute atomic E-state index is 12.6. The number of urea groups is 1. The second-order valence-electron chi connectivity index (χ2n) is 7.56. The lowest BCUT2D eigenvalue weighted by molar-refractivity contribution is -0.121. The molecule has 0 aromatic carbocycles. The SMILES string of the molecule is O=C(Nc1nc(C2CC2)cs1)[C@@H]1CCCN(C(=O)NC2CCCC2)C1. The van der Waals surface area contributed by atoms with Gasteiger partial charge in [-0.15, -0.1) is 11.3 Å². The molecule has 1 saturated heterocycles. The van der Waals surface area contributed by atoms with Crippen molar-refractivity contribution in [1.82, 2.24) is 15.2 Å². The van der Waals surface area contributed by atoms with Gasteiger partial charge >= 0.3 is 6.03 Å². The summed E-state index contributed by atoms with van der Waals surface area (Å²) in [5, 5.41) is 8.83. The Morgan fingerprint density at radius 2 is 1.92 bits per heavy atom. The number of aromatic nitrogens is 1. The Labute approximate surface area is 152 Å². The van der Waals surface area contributed by atoms with Gasteiger partial charge in [0.25, 0.3) is 0 Å². The van der Waals surface area contributed by atoms with Crippen LogP contribution in [-0.4, -0.2) is 41.0 Å². The second-order valence-corrected chi connectivity index (χ2v) is 8.42. The molecule has 1 aromatic heterocycles. The van der Waals surface area contributed by atoms with E-state index in [4.69, 9.17) is 0 Å². The molecule has 2 N–H and O–H groups in total. The topological polar surface area (TPSA) is 74.3 Å². The summed E-state index contributed by atoms with van der Waals surface area (Å²) in [6.07, 6.45) is 8.70. The number of likely N-dealkylation sites (tertiary alicyclic amines) is 1. The average Bonchev–Trinajstić information content (AvgIpc) is 3.15. The van der Waals surface area contributed by atoms with E-state index in [0.717, 1.165) is 37.9 Å². The molecule has 3 fully saturated rings. The molecular formula is C18H26N4O2S. The minimum Gasteiger partial charge on any atom is -0.335 e. The van der Waals surface area contributed by atoms with Crippen molar-refractivity contribution in [2.24, 2.45) is 5.92 Å². The zero-order valence-electron chi connectivity index (χ0n) is 14.5. The molecule has 0 radical (unpaired) electrons. The summed E-state index contributed by atoms with van der Waals surface area (Å²) in [6.45, 7) is 1.25. The molecule has 3 amide bonds. The number of carbonyl (C=O) groups is 2. The van der Waals surface area contributed by atoms with Crippen LogP contribution in [0.4, 0.5) is 9.93 Å². The first-order chi connectivity index (χ1) is 12.2. The molecule has 0 bridgehead atoms. The van der Waals surface area contributed by atoms with Crippen molar-refractivity contribution >= 4 is 28.4 Å². The maximum atomic E-state index is 12.6. The van der Waals surface area contributed by atoms with Gasteiger partial charge in [-0.25, -0.2) is 9.78 Å². The van der Waals surface area contributed by atoms with Gasteiger partial charge in [0, 0.05) is 30.4 Å². The van der Waals surface area contributed by atoms with E-state index in [1.807, 2.05) is 4.90 Å². The van der Waals surface area contributed by atoms with Crippen molar-refractivity contribution in [2.45, 2.75) is 63.3 Å². The molecular weight excluding hydrogens is 336 g/mol. The third-order valence-corrected chi connectivity index (χ3v) is 6.29. The molecule has 1 aliphatic heterocycles. The Balaban J connectivity index is 1.30. The van der Waals surface area contributed by atoms with Gasteiger partial charge in [0.1, 0.15) is 0 Å². The number of thiazole rings is 1. The average molecular weight is 362 g/mol. The Morgan fingerprint density at radius 1 is 1.12 bits per heavy atom. The lowest BCUT2D eigenvalue weighted by atomic mass is 9.97. The number of carbonyl (C=O) groups excluding carboxylic acids is 2. The molecule has 6 nitrogen and oxygen atoms in total. The van der Waals surface area contributed by atoms with Gasteiger partial charge in [-0.1, -0.05) is 12.8 Å². The van der Waals surface area contributed by atoms with E-state index in [0.29, 0.717) is 23.6 Å². The van der Waals surface area contributed by atoms with Crippen LogP contribution in [0.25, 0.3) is 0 Å². The van der Waals surface area contributed by atoms with Crippen LogP contribution in [0.2, 0.25) is 0 Å². The van der Waals surface area contributed by atoms with Crippen molar-refractivity contribution in [3.63, 3.8) is 0 Å². The quantitative estimate of drug-likeness (QED) is 0.863. The van der Waals surface area contributed by atoms with E-state index in [9.17, 15) is 9.59 Å². The standard InChI is InChI=1S/C18H26N4O2S/c23-16(21-17-20-15(11-25-17)12-7-8-12)13-4-3-9-22(10-13)18(24)19-14-5-1-2-6-14/h11-14H,1-10H2,(H,19,24)(H,20,21,23)/t13-/m1/s1. The predicted octanol–water partition coefficient (Wildman–Crippen LogP) is 3.32. The highest BCUT2D eigenvalue weighted by molar-refractivity contribution is 7.13. The number of rotatable bonds is 4. The van der Waals surface area contributed by atoms with E-state index < -0.39 is 0 Å². The molecule has 7 heteroatoms. The monoisotopic (exact) mass is 362 g/mol. The summed E-state index contributed by atoms with van der Waals surface area (Å²) in [4.78, 5) is 31.3. The summed E-state index contributed by atoms with van der Waals surface area (Å²) in [7, 11) is 0. The van der Waals surface area contributed by atoms with E-state index in [-0.39, 0.29) is 17.9 Å². The maximum Gasteiger partial charge on any atom is 0.317 e. The fraction of sp³-hybridized carbons (Fsp3) is 0.722. The van der Waals surface area contributed by atoms with Crippen LogP contribution >= 0.6 is 11.3 Å². The van der Waals surface area contributed by atoms with Crippen molar-refractivity contribution in [3.05, 3.63) is 11.1 Å². The van der Waals surface area contributed by atoms with Crippen LogP contribution in [0.1, 0.15) is 63.0 Å². The Hall–Kier alpha value is -1.63. The van der Waals surface area contributed by atoms with E-state index >= 15 is 0 Å². The Kier molecular flexibility index (Phi) is 4.92. The third-order valence-electron chi connectivity index (χ3n) is 5.51. The summed E-state index contributed by atoms with van der Waals surface area (Å²) in [5.41, 5.74) is 1.11. The zero-order valence-corrected chi connectivity index (χ0v) is 15.3. The first-order valence-electron chi connectivity index (χ1n) is 9.51. The van der Waals surface area contributed by atoms with Crippen LogP contribution in [-0.2, 0) is 4.79 Å². The number of hydrogen-bond acceptors (Lipinski definition) is 4. The lowest BCUT2D eigenvalue weighted by Gasteiger charge is -2.32. The van der Waals surface area contributed by atoms with Crippen LogP contribution < -0.4 is 10.6 Å². The first kappa shape index (κ1) is 16.8. The van der Waals surface area contributed by atoms with Gasteiger partial charge < -0.3 is 15.5 Å². The Morgan fingerprint density at radius 3 is 2.68 bits per heavy atom. The molecule has 2 aliphatic carbocycles. The number of anilines is 1. The van der Waals surface area contributed by atoms with Crippen LogP contribution in [0.15, 0.2) is 5.38 Å². The number of hydrogen-bond donors (Lipinski definition) is 2. The zero-order chi connectivity index (χ0) is 17.2. The van der Waals surface area contributed by atoms with E-state index in [2.05, 4.69) is 21.0 Å². The second kappa shape index (κ2) is 7.32. The Bertz CT molecular complexity index is 637. The number of nitrogens with one attached hydrogen (secondary N) is 2. The number of amides is 3. The minimum atomic E-state index is -0.142. The molecule has 2 saturated carbocycles. The van der Waals surface area contributed by atoms with Crippen LogP contribution in [0, 0.1) is 5.92 Å². The highest BCUT2D eigenvalue weighted by Gasteiger charge is 2.31.